The maximum atomic E-state index is 14.3. The second-order valence-electron chi connectivity index (χ2n) is 6.06. The Hall–Kier alpha value is -3.08. The molecule has 0 radical (unpaired) electrons. The molecule has 0 atom stereocenters. The molecule has 0 unspecified atom stereocenters. The van der Waals surface area contributed by atoms with Crippen molar-refractivity contribution in [3.05, 3.63) is 89.3 Å². The SMILES string of the molecule is C/C=C/CCc1ccc(C(=O)Oc2ccc3c(F)c(F)ccc3c2)c(F)c1. The summed E-state index contributed by atoms with van der Waals surface area (Å²) in [5, 5.41) is 0.450. The normalized spacial score (nSPS) is 11.3. The number of fused-ring (bicyclic) bond motifs is 1. The third kappa shape index (κ3) is 4.19. The lowest BCUT2D eigenvalue weighted by Crippen LogP contribution is -2.11. The number of hydrogen-bond acceptors (Lipinski definition) is 2. The van der Waals surface area contributed by atoms with Crippen LogP contribution >= 0.6 is 0 Å². The lowest BCUT2D eigenvalue weighted by atomic mass is 10.1. The van der Waals surface area contributed by atoms with Crippen LogP contribution in [0.3, 0.4) is 0 Å². The van der Waals surface area contributed by atoms with E-state index in [1.54, 1.807) is 6.07 Å². The van der Waals surface area contributed by atoms with Gasteiger partial charge in [-0.15, -0.1) is 0 Å². The van der Waals surface area contributed by atoms with Crippen LogP contribution in [-0.4, -0.2) is 5.97 Å². The molecule has 0 aliphatic carbocycles. The number of rotatable bonds is 5. The number of halogens is 3. The number of ether oxygens (including phenoxy) is 1. The fourth-order valence-corrected chi connectivity index (χ4v) is 2.77. The number of aryl methyl sites for hydroxylation is 1. The topological polar surface area (TPSA) is 26.3 Å². The number of carbonyl (C=O) groups excluding carboxylic acids is 1. The van der Waals surface area contributed by atoms with Crippen molar-refractivity contribution < 1.29 is 22.7 Å². The highest BCUT2D eigenvalue weighted by Gasteiger charge is 2.15. The van der Waals surface area contributed by atoms with Crippen LogP contribution in [0.25, 0.3) is 10.8 Å². The van der Waals surface area contributed by atoms with Crippen LogP contribution in [0.5, 0.6) is 5.75 Å². The number of hydrogen-bond donors (Lipinski definition) is 0. The molecule has 2 nitrogen and oxygen atoms in total. The van der Waals surface area contributed by atoms with Crippen LogP contribution < -0.4 is 4.74 Å². The summed E-state index contributed by atoms with van der Waals surface area (Å²) < 4.78 is 46.4. The molecule has 138 valence electrons. The Bertz CT molecular complexity index is 1030. The second kappa shape index (κ2) is 8.08. The van der Waals surface area contributed by atoms with Gasteiger partial charge in [0.25, 0.3) is 0 Å². The summed E-state index contributed by atoms with van der Waals surface area (Å²) >= 11 is 0. The van der Waals surface area contributed by atoms with Gasteiger partial charge in [0.2, 0.25) is 0 Å². The zero-order valence-corrected chi connectivity index (χ0v) is 14.6. The molecular weight excluding hydrogens is 353 g/mol. The van der Waals surface area contributed by atoms with E-state index < -0.39 is 23.4 Å². The van der Waals surface area contributed by atoms with Gasteiger partial charge in [0.05, 0.1) is 5.56 Å². The molecular formula is C22H17F3O2. The Morgan fingerprint density at radius 3 is 2.56 bits per heavy atom. The smallest absolute Gasteiger partial charge is 0.346 e. The lowest BCUT2D eigenvalue weighted by Gasteiger charge is -2.08. The van der Waals surface area contributed by atoms with Crippen LogP contribution in [0.1, 0.15) is 29.3 Å². The third-order valence-corrected chi connectivity index (χ3v) is 4.18. The highest BCUT2D eigenvalue weighted by Crippen LogP contribution is 2.25. The predicted octanol–water partition coefficient (Wildman–Crippen LogP) is 5.99. The minimum atomic E-state index is -0.968. The first-order chi connectivity index (χ1) is 13.0. The minimum Gasteiger partial charge on any atom is -0.423 e. The molecule has 0 amide bonds. The van der Waals surface area contributed by atoms with E-state index in [1.807, 2.05) is 19.1 Å². The van der Waals surface area contributed by atoms with Crippen molar-refractivity contribution in [2.24, 2.45) is 0 Å². The van der Waals surface area contributed by atoms with Crippen molar-refractivity contribution in [2.75, 3.05) is 0 Å². The van der Waals surface area contributed by atoms with Gasteiger partial charge in [-0.3, -0.25) is 0 Å². The summed E-state index contributed by atoms with van der Waals surface area (Å²) in [5.74, 6) is -3.31. The lowest BCUT2D eigenvalue weighted by molar-refractivity contribution is 0.0730. The quantitative estimate of drug-likeness (QED) is 0.313. The Balaban J connectivity index is 1.79. The van der Waals surface area contributed by atoms with E-state index in [0.29, 0.717) is 11.8 Å². The maximum absolute atomic E-state index is 14.3. The molecule has 0 bridgehead atoms. The third-order valence-electron chi connectivity index (χ3n) is 4.18. The Kier molecular flexibility index (Phi) is 5.60. The summed E-state index contributed by atoms with van der Waals surface area (Å²) in [6, 6.07) is 10.8. The van der Waals surface area contributed by atoms with Crippen LogP contribution in [0, 0.1) is 17.5 Å². The van der Waals surface area contributed by atoms with Crippen molar-refractivity contribution in [1.82, 2.24) is 0 Å². The largest absolute Gasteiger partial charge is 0.423 e. The minimum absolute atomic E-state index is 0.0754. The van der Waals surface area contributed by atoms with Gasteiger partial charge >= 0.3 is 5.97 Å². The summed E-state index contributed by atoms with van der Waals surface area (Å²) in [7, 11) is 0. The molecule has 0 heterocycles. The molecule has 3 aromatic rings. The molecule has 0 fully saturated rings. The average molecular weight is 370 g/mol. The van der Waals surface area contributed by atoms with E-state index in [2.05, 4.69) is 0 Å². The van der Waals surface area contributed by atoms with Crippen LogP contribution in [0.15, 0.2) is 60.7 Å². The number of carbonyl (C=O) groups is 1. The molecule has 5 heteroatoms. The predicted molar refractivity (Wildman–Crippen MR) is 98.4 cm³/mol. The molecule has 0 aromatic heterocycles. The van der Waals surface area contributed by atoms with Crippen LogP contribution in [-0.2, 0) is 6.42 Å². The zero-order valence-electron chi connectivity index (χ0n) is 14.6. The van der Waals surface area contributed by atoms with Crippen molar-refractivity contribution >= 4 is 16.7 Å². The fourth-order valence-electron chi connectivity index (χ4n) is 2.77. The van der Waals surface area contributed by atoms with E-state index in [-0.39, 0.29) is 16.7 Å². The molecule has 3 rings (SSSR count). The van der Waals surface area contributed by atoms with Gasteiger partial charge in [-0.25, -0.2) is 18.0 Å². The Morgan fingerprint density at radius 2 is 1.81 bits per heavy atom. The molecule has 0 saturated carbocycles. The first kappa shape index (κ1) is 18.7. The van der Waals surface area contributed by atoms with Gasteiger partial charge in [-0.05, 0) is 67.1 Å². The molecule has 0 aliphatic heterocycles. The molecule has 27 heavy (non-hydrogen) atoms. The van der Waals surface area contributed by atoms with Gasteiger partial charge < -0.3 is 4.74 Å². The van der Waals surface area contributed by atoms with Crippen molar-refractivity contribution in [3.63, 3.8) is 0 Å². The van der Waals surface area contributed by atoms with Gasteiger partial charge in [0.1, 0.15) is 11.6 Å². The molecule has 0 saturated heterocycles. The van der Waals surface area contributed by atoms with Crippen molar-refractivity contribution in [1.29, 1.82) is 0 Å². The average Bonchev–Trinajstić information content (AvgIpc) is 2.65. The summed E-state index contributed by atoms with van der Waals surface area (Å²) in [5.41, 5.74) is 0.598. The summed E-state index contributed by atoms with van der Waals surface area (Å²) in [4.78, 5) is 12.3. The first-order valence-corrected chi connectivity index (χ1v) is 8.49. The number of esters is 1. The molecule has 0 spiro atoms. The summed E-state index contributed by atoms with van der Waals surface area (Å²) in [6.45, 7) is 1.91. The zero-order chi connectivity index (χ0) is 19.4. The maximum Gasteiger partial charge on any atom is 0.346 e. The fraction of sp³-hybridized carbons (Fsp3) is 0.136. The van der Waals surface area contributed by atoms with E-state index in [1.165, 1.54) is 36.4 Å². The first-order valence-electron chi connectivity index (χ1n) is 8.49. The van der Waals surface area contributed by atoms with Crippen LogP contribution in [0.4, 0.5) is 13.2 Å². The monoisotopic (exact) mass is 370 g/mol. The number of benzene rings is 3. The van der Waals surface area contributed by atoms with Crippen LogP contribution in [0.2, 0.25) is 0 Å². The van der Waals surface area contributed by atoms with E-state index >= 15 is 0 Å². The summed E-state index contributed by atoms with van der Waals surface area (Å²) in [6.07, 6.45) is 5.36. The molecule has 0 N–H and O–H groups in total. The van der Waals surface area contributed by atoms with Gasteiger partial charge in [-0.2, -0.15) is 0 Å². The van der Waals surface area contributed by atoms with Gasteiger partial charge in [0, 0.05) is 5.39 Å². The number of allylic oxidation sites excluding steroid dienone is 2. The molecule has 0 aliphatic rings. The van der Waals surface area contributed by atoms with Crippen molar-refractivity contribution in [3.8, 4) is 5.75 Å². The standard InChI is InChI=1S/C22H17F3O2/c1-2-3-4-5-14-6-9-18(20(24)12-14)22(26)27-16-8-10-17-15(13-16)7-11-19(23)21(17)25/h2-3,6-13H,4-5H2,1H3/b3-2+. The van der Waals surface area contributed by atoms with Gasteiger partial charge in [0.15, 0.2) is 11.6 Å². The van der Waals surface area contributed by atoms with E-state index in [4.69, 9.17) is 4.74 Å². The van der Waals surface area contributed by atoms with Crippen molar-refractivity contribution in [2.45, 2.75) is 19.8 Å². The second-order valence-corrected chi connectivity index (χ2v) is 6.06. The highest BCUT2D eigenvalue weighted by molar-refractivity contribution is 5.92. The Morgan fingerprint density at radius 1 is 1.00 bits per heavy atom. The van der Waals surface area contributed by atoms with E-state index in [0.717, 1.165) is 18.1 Å². The van der Waals surface area contributed by atoms with Gasteiger partial charge in [-0.1, -0.05) is 24.3 Å². The van der Waals surface area contributed by atoms with E-state index in [9.17, 15) is 18.0 Å². The molecule has 3 aromatic carbocycles. The highest BCUT2D eigenvalue weighted by atomic mass is 19.2. The Labute approximate surface area is 154 Å².